The van der Waals surface area contributed by atoms with Gasteiger partial charge in [0, 0.05) is 18.7 Å². The molecule has 0 saturated carbocycles. The average molecular weight is 269 g/mol. The minimum absolute atomic E-state index is 0.0837. The summed E-state index contributed by atoms with van der Waals surface area (Å²) in [4.78, 5) is 0. The van der Waals surface area contributed by atoms with E-state index in [0.717, 1.165) is 43.0 Å². The summed E-state index contributed by atoms with van der Waals surface area (Å²) in [5.41, 5.74) is 4.65. The first-order valence-corrected chi connectivity index (χ1v) is 7.03. The molecule has 1 aliphatic heterocycles. The molecule has 3 nitrogen and oxygen atoms in total. The molecule has 0 fully saturated rings. The van der Waals surface area contributed by atoms with E-state index in [4.69, 9.17) is 9.84 Å². The highest BCUT2D eigenvalue weighted by Crippen LogP contribution is 2.26. The summed E-state index contributed by atoms with van der Waals surface area (Å²) in [6.45, 7) is 1.78. The fourth-order valence-corrected chi connectivity index (χ4v) is 2.53. The molecule has 1 heterocycles. The van der Waals surface area contributed by atoms with Crippen molar-refractivity contribution in [2.75, 3.05) is 18.5 Å². The van der Waals surface area contributed by atoms with E-state index in [9.17, 15) is 0 Å². The maximum absolute atomic E-state index is 9.12. The molecule has 0 radical (unpaired) electrons. The van der Waals surface area contributed by atoms with Crippen LogP contribution in [0.5, 0.6) is 5.75 Å². The Balaban J connectivity index is 1.57. The Morgan fingerprint density at radius 3 is 2.95 bits per heavy atom. The summed E-state index contributed by atoms with van der Waals surface area (Å²) in [7, 11) is 0. The molecular weight excluding hydrogens is 250 g/mol. The van der Waals surface area contributed by atoms with Crippen molar-refractivity contribution >= 4 is 5.69 Å². The zero-order chi connectivity index (χ0) is 13.8. The number of aliphatic hydroxyl groups is 1. The van der Waals surface area contributed by atoms with Crippen LogP contribution in [-0.4, -0.2) is 18.3 Å². The Hall–Kier alpha value is -2.00. The molecule has 0 aromatic heterocycles. The standard InChI is InChI=1S/C17H19NO2/c19-12-14-2-1-3-16(11-14)18-8-6-13-4-5-17-15(10-13)7-9-20-17/h1-5,10-11,18-19H,6-9,12H2. The van der Waals surface area contributed by atoms with Gasteiger partial charge in [-0.3, -0.25) is 0 Å². The molecule has 0 spiro atoms. The first-order valence-electron chi connectivity index (χ1n) is 7.03. The van der Waals surface area contributed by atoms with Crippen molar-refractivity contribution < 1.29 is 9.84 Å². The van der Waals surface area contributed by atoms with Gasteiger partial charge in [-0.1, -0.05) is 24.3 Å². The predicted octanol–water partition coefficient (Wildman–Crippen LogP) is 2.77. The van der Waals surface area contributed by atoms with Crippen molar-refractivity contribution in [3.8, 4) is 5.75 Å². The summed E-state index contributed by atoms with van der Waals surface area (Å²) in [6, 6.07) is 14.3. The van der Waals surface area contributed by atoms with Crippen molar-refractivity contribution in [3.63, 3.8) is 0 Å². The minimum Gasteiger partial charge on any atom is -0.493 e. The predicted molar refractivity (Wildman–Crippen MR) is 80.2 cm³/mol. The van der Waals surface area contributed by atoms with E-state index in [1.165, 1.54) is 11.1 Å². The van der Waals surface area contributed by atoms with Crippen LogP contribution in [0, 0.1) is 0 Å². The molecule has 0 unspecified atom stereocenters. The van der Waals surface area contributed by atoms with Gasteiger partial charge in [0.05, 0.1) is 13.2 Å². The Morgan fingerprint density at radius 1 is 1.10 bits per heavy atom. The van der Waals surface area contributed by atoms with Crippen LogP contribution in [0.4, 0.5) is 5.69 Å². The second-order valence-corrected chi connectivity index (χ2v) is 5.08. The SMILES string of the molecule is OCc1cccc(NCCc2ccc3c(c2)CCO3)c1. The quantitative estimate of drug-likeness (QED) is 0.877. The van der Waals surface area contributed by atoms with Gasteiger partial charge >= 0.3 is 0 Å². The maximum atomic E-state index is 9.12. The fraction of sp³-hybridized carbons (Fsp3) is 0.294. The van der Waals surface area contributed by atoms with Crippen LogP contribution in [0.1, 0.15) is 16.7 Å². The maximum Gasteiger partial charge on any atom is 0.122 e. The number of aliphatic hydroxyl groups excluding tert-OH is 1. The number of anilines is 1. The zero-order valence-electron chi connectivity index (χ0n) is 11.4. The smallest absolute Gasteiger partial charge is 0.122 e. The molecule has 0 aliphatic carbocycles. The Bertz CT molecular complexity index is 595. The van der Waals surface area contributed by atoms with Gasteiger partial charge in [-0.2, -0.15) is 0 Å². The first-order chi connectivity index (χ1) is 9.85. The topological polar surface area (TPSA) is 41.5 Å². The van der Waals surface area contributed by atoms with Crippen molar-refractivity contribution in [1.29, 1.82) is 0 Å². The fourth-order valence-electron chi connectivity index (χ4n) is 2.53. The molecule has 2 N–H and O–H groups in total. The third-order valence-corrected chi connectivity index (χ3v) is 3.61. The van der Waals surface area contributed by atoms with Crippen molar-refractivity contribution in [2.45, 2.75) is 19.4 Å². The van der Waals surface area contributed by atoms with Gasteiger partial charge in [-0.05, 0) is 41.3 Å². The molecule has 3 rings (SSSR count). The van der Waals surface area contributed by atoms with Gasteiger partial charge in [0.25, 0.3) is 0 Å². The molecule has 1 aliphatic rings. The lowest BCUT2D eigenvalue weighted by molar-refractivity contribution is 0.282. The lowest BCUT2D eigenvalue weighted by atomic mass is 10.1. The summed E-state index contributed by atoms with van der Waals surface area (Å²) in [5, 5.41) is 12.5. The van der Waals surface area contributed by atoms with E-state index < -0.39 is 0 Å². The third-order valence-electron chi connectivity index (χ3n) is 3.61. The van der Waals surface area contributed by atoms with Crippen molar-refractivity contribution in [2.24, 2.45) is 0 Å². The van der Waals surface area contributed by atoms with Crippen LogP contribution >= 0.6 is 0 Å². The van der Waals surface area contributed by atoms with Crippen LogP contribution in [0.25, 0.3) is 0 Å². The Kier molecular flexibility index (Phi) is 3.88. The molecule has 3 heteroatoms. The molecular formula is C17H19NO2. The van der Waals surface area contributed by atoms with Gasteiger partial charge in [-0.25, -0.2) is 0 Å². The molecule has 0 atom stereocenters. The summed E-state index contributed by atoms with van der Waals surface area (Å²) < 4.78 is 5.51. The highest BCUT2D eigenvalue weighted by atomic mass is 16.5. The van der Waals surface area contributed by atoms with E-state index >= 15 is 0 Å². The monoisotopic (exact) mass is 269 g/mol. The molecule has 2 aromatic rings. The van der Waals surface area contributed by atoms with Crippen LogP contribution in [0.3, 0.4) is 0 Å². The summed E-state index contributed by atoms with van der Waals surface area (Å²) in [5.74, 6) is 1.04. The molecule has 2 aromatic carbocycles. The Morgan fingerprint density at radius 2 is 2.05 bits per heavy atom. The number of rotatable bonds is 5. The van der Waals surface area contributed by atoms with Gasteiger partial charge in [0.1, 0.15) is 5.75 Å². The molecule has 20 heavy (non-hydrogen) atoms. The van der Waals surface area contributed by atoms with Gasteiger partial charge in [0.15, 0.2) is 0 Å². The van der Waals surface area contributed by atoms with Crippen molar-refractivity contribution in [1.82, 2.24) is 0 Å². The number of hydrogen-bond donors (Lipinski definition) is 2. The average Bonchev–Trinajstić information content (AvgIpc) is 2.95. The summed E-state index contributed by atoms with van der Waals surface area (Å²) in [6.07, 6.45) is 2.01. The lowest BCUT2D eigenvalue weighted by Gasteiger charge is -2.08. The van der Waals surface area contributed by atoms with Crippen molar-refractivity contribution in [3.05, 3.63) is 59.2 Å². The number of hydrogen-bond acceptors (Lipinski definition) is 3. The van der Waals surface area contributed by atoms with Gasteiger partial charge in [-0.15, -0.1) is 0 Å². The van der Waals surface area contributed by atoms with E-state index in [1.54, 1.807) is 0 Å². The third kappa shape index (κ3) is 2.94. The van der Waals surface area contributed by atoms with Crippen LogP contribution < -0.4 is 10.1 Å². The number of nitrogens with one attached hydrogen (secondary N) is 1. The minimum atomic E-state index is 0.0837. The second kappa shape index (κ2) is 5.97. The van der Waals surface area contributed by atoms with Crippen LogP contribution in [0.2, 0.25) is 0 Å². The first kappa shape index (κ1) is 13.0. The highest BCUT2D eigenvalue weighted by molar-refractivity contribution is 5.46. The van der Waals surface area contributed by atoms with Crippen LogP contribution in [0.15, 0.2) is 42.5 Å². The molecule has 0 bridgehead atoms. The van der Waals surface area contributed by atoms with E-state index in [0.29, 0.717) is 0 Å². The number of benzene rings is 2. The normalized spacial score (nSPS) is 12.8. The molecule has 0 amide bonds. The van der Waals surface area contributed by atoms with E-state index in [2.05, 4.69) is 23.5 Å². The van der Waals surface area contributed by atoms with Gasteiger partial charge in [0.2, 0.25) is 0 Å². The van der Waals surface area contributed by atoms with E-state index in [-0.39, 0.29) is 6.61 Å². The number of ether oxygens (including phenoxy) is 1. The zero-order valence-corrected chi connectivity index (χ0v) is 11.4. The lowest BCUT2D eigenvalue weighted by Crippen LogP contribution is -2.05. The van der Waals surface area contributed by atoms with E-state index in [1.807, 2.05) is 24.3 Å². The molecule has 104 valence electrons. The summed E-state index contributed by atoms with van der Waals surface area (Å²) >= 11 is 0. The molecule has 0 saturated heterocycles. The highest BCUT2D eigenvalue weighted by Gasteiger charge is 2.11. The van der Waals surface area contributed by atoms with Crippen LogP contribution in [-0.2, 0) is 19.4 Å². The number of fused-ring (bicyclic) bond motifs is 1. The Labute approximate surface area is 119 Å². The second-order valence-electron chi connectivity index (χ2n) is 5.08. The van der Waals surface area contributed by atoms with Gasteiger partial charge < -0.3 is 15.2 Å². The largest absolute Gasteiger partial charge is 0.493 e.